The highest BCUT2D eigenvalue weighted by Crippen LogP contribution is 2.25. The third kappa shape index (κ3) is 6.16. The molecule has 182 valence electrons. The van der Waals surface area contributed by atoms with Crippen LogP contribution in [0.15, 0.2) is 59.6 Å². The number of sulfonamides is 1. The minimum Gasteiger partial charge on any atom is -0.359 e. The van der Waals surface area contributed by atoms with Crippen molar-refractivity contribution in [3.63, 3.8) is 0 Å². The zero-order valence-electron chi connectivity index (χ0n) is 17.7. The number of hydrogen-bond acceptors (Lipinski definition) is 8. The number of nitrogens with zero attached hydrogens (tertiary/aromatic N) is 4. The monoisotopic (exact) mass is 507 g/mol. The van der Waals surface area contributed by atoms with Crippen LogP contribution in [0, 0.1) is 5.82 Å². The van der Waals surface area contributed by atoms with Gasteiger partial charge in [0, 0.05) is 12.1 Å². The van der Waals surface area contributed by atoms with E-state index >= 15 is 0 Å². The van der Waals surface area contributed by atoms with Gasteiger partial charge in [-0.1, -0.05) is 12.1 Å². The maximum Gasteiger partial charge on any atom is 0.405 e. The largest absolute Gasteiger partial charge is 0.405 e. The highest BCUT2D eigenvalue weighted by atomic mass is 32.2. The number of alkyl halides is 3. The van der Waals surface area contributed by atoms with Crippen LogP contribution in [0.1, 0.15) is 5.56 Å². The van der Waals surface area contributed by atoms with Crippen molar-refractivity contribution in [3.05, 3.63) is 66.1 Å². The van der Waals surface area contributed by atoms with Crippen LogP contribution in [0.4, 0.5) is 29.3 Å². The molecule has 0 aliphatic carbocycles. The van der Waals surface area contributed by atoms with Crippen LogP contribution in [0.5, 0.6) is 0 Å². The van der Waals surface area contributed by atoms with Gasteiger partial charge in [0.25, 0.3) is 0 Å². The van der Waals surface area contributed by atoms with E-state index in [0.717, 1.165) is 0 Å². The summed E-state index contributed by atoms with van der Waals surface area (Å²) >= 11 is 0. The van der Waals surface area contributed by atoms with Gasteiger partial charge in [-0.2, -0.15) is 23.1 Å². The fourth-order valence-corrected chi connectivity index (χ4v) is 3.55. The third-order valence-electron chi connectivity index (χ3n) is 4.71. The Labute approximate surface area is 196 Å². The normalized spacial score (nSPS) is 12.0. The van der Waals surface area contributed by atoms with Crippen molar-refractivity contribution in [2.75, 3.05) is 17.2 Å². The lowest BCUT2D eigenvalue weighted by Gasteiger charge is -2.13. The molecule has 2 heterocycles. The second-order valence-corrected chi connectivity index (χ2v) is 8.90. The Hall–Kier alpha value is -3.91. The van der Waals surface area contributed by atoms with E-state index in [-0.39, 0.29) is 34.4 Å². The molecule has 4 N–H and O–H groups in total. The number of aromatic nitrogens is 4. The summed E-state index contributed by atoms with van der Waals surface area (Å²) in [4.78, 5) is 16.8. The number of benzene rings is 2. The molecule has 0 bridgehead atoms. The molecule has 35 heavy (non-hydrogen) atoms. The molecule has 0 aliphatic heterocycles. The molecule has 0 radical (unpaired) electrons. The van der Waals surface area contributed by atoms with Crippen LogP contribution in [0.25, 0.3) is 22.4 Å². The van der Waals surface area contributed by atoms with Gasteiger partial charge in [0.1, 0.15) is 12.4 Å². The summed E-state index contributed by atoms with van der Waals surface area (Å²) in [6.07, 6.45) is -3.15. The van der Waals surface area contributed by atoms with Crippen LogP contribution < -0.4 is 15.8 Å². The summed E-state index contributed by atoms with van der Waals surface area (Å²) in [5.41, 5.74) is 1.48. The van der Waals surface area contributed by atoms with Crippen molar-refractivity contribution in [1.29, 1.82) is 0 Å². The van der Waals surface area contributed by atoms with Gasteiger partial charge in [-0.25, -0.2) is 27.9 Å². The van der Waals surface area contributed by atoms with E-state index in [1.807, 2.05) is 0 Å². The first kappa shape index (κ1) is 24.2. The second kappa shape index (κ2) is 9.38. The van der Waals surface area contributed by atoms with Crippen LogP contribution in [0.2, 0.25) is 0 Å². The minimum atomic E-state index is -4.52. The van der Waals surface area contributed by atoms with Crippen molar-refractivity contribution in [2.45, 2.75) is 17.6 Å². The van der Waals surface area contributed by atoms with Crippen LogP contribution in [-0.2, 0) is 16.6 Å². The van der Waals surface area contributed by atoms with Crippen molar-refractivity contribution in [2.24, 2.45) is 5.14 Å². The third-order valence-corrected chi connectivity index (χ3v) is 5.63. The predicted molar refractivity (Wildman–Crippen MR) is 120 cm³/mol. The molecule has 4 rings (SSSR count). The second-order valence-electron chi connectivity index (χ2n) is 7.34. The van der Waals surface area contributed by atoms with E-state index in [0.29, 0.717) is 16.8 Å². The maximum absolute atomic E-state index is 13.2. The predicted octanol–water partition coefficient (Wildman–Crippen LogP) is 3.46. The average Bonchev–Trinajstić information content (AvgIpc) is 2.80. The first-order chi connectivity index (χ1) is 16.5. The van der Waals surface area contributed by atoms with Gasteiger partial charge < -0.3 is 10.6 Å². The molecule has 0 atom stereocenters. The summed E-state index contributed by atoms with van der Waals surface area (Å²) in [7, 11) is -3.84. The lowest BCUT2D eigenvalue weighted by Crippen LogP contribution is -2.22. The number of fused-ring (bicyclic) bond motifs is 1. The Morgan fingerprint density at radius 3 is 2.23 bits per heavy atom. The topological polar surface area (TPSA) is 136 Å². The summed E-state index contributed by atoms with van der Waals surface area (Å²) in [6.45, 7) is -1.23. The number of halogens is 4. The van der Waals surface area contributed by atoms with E-state index in [2.05, 4.69) is 30.6 Å². The Morgan fingerprint density at radius 1 is 0.914 bits per heavy atom. The zero-order valence-corrected chi connectivity index (χ0v) is 18.5. The summed E-state index contributed by atoms with van der Waals surface area (Å²) < 4.78 is 74.6. The molecule has 9 nitrogen and oxygen atoms in total. The average molecular weight is 507 g/mol. The number of nitrogens with one attached hydrogen (secondary N) is 2. The lowest BCUT2D eigenvalue weighted by atomic mass is 10.1. The molecular formula is C21H17F4N7O2S. The highest BCUT2D eigenvalue weighted by Gasteiger charge is 2.27. The molecule has 2 aromatic carbocycles. The van der Waals surface area contributed by atoms with Crippen molar-refractivity contribution in [3.8, 4) is 11.3 Å². The summed E-state index contributed by atoms with van der Waals surface area (Å²) in [6, 6.07) is 11.1. The Kier molecular flexibility index (Phi) is 6.49. The van der Waals surface area contributed by atoms with Gasteiger partial charge in [-0.3, -0.25) is 0 Å². The standard InChI is InChI=1S/C21H17F4N7O2S/c22-14-5-3-13(4-6-14)16-10-27-18-17(30-16)19(29-11-21(23,24)25)32-20(31-18)28-9-12-1-7-15(8-2-12)35(26,33)34/h1-8,10H,9,11H2,(H2,26,33,34)(H2,27,28,29,31,32). The molecule has 0 fully saturated rings. The maximum atomic E-state index is 13.2. The molecule has 0 spiro atoms. The first-order valence-corrected chi connectivity index (χ1v) is 11.5. The van der Waals surface area contributed by atoms with Gasteiger partial charge in [0.2, 0.25) is 16.0 Å². The van der Waals surface area contributed by atoms with Gasteiger partial charge in [0.15, 0.2) is 17.0 Å². The zero-order chi connectivity index (χ0) is 25.2. The fraction of sp³-hybridized carbons (Fsp3) is 0.143. The molecule has 0 unspecified atom stereocenters. The number of nitrogens with two attached hydrogens (primary N) is 1. The van der Waals surface area contributed by atoms with E-state index in [9.17, 15) is 26.0 Å². The molecule has 0 aliphatic rings. The number of anilines is 2. The van der Waals surface area contributed by atoms with Gasteiger partial charge in [0.05, 0.1) is 16.8 Å². The van der Waals surface area contributed by atoms with Gasteiger partial charge in [-0.15, -0.1) is 0 Å². The summed E-state index contributed by atoms with van der Waals surface area (Å²) in [5.74, 6) is -0.675. The quantitative estimate of drug-likeness (QED) is 0.324. The number of hydrogen-bond donors (Lipinski definition) is 3. The first-order valence-electron chi connectivity index (χ1n) is 9.95. The Morgan fingerprint density at radius 2 is 1.60 bits per heavy atom. The van der Waals surface area contributed by atoms with Gasteiger partial charge >= 0.3 is 6.18 Å². The van der Waals surface area contributed by atoms with Crippen molar-refractivity contribution >= 4 is 33.0 Å². The van der Waals surface area contributed by atoms with E-state index in [1.165, 1.54) is 54.7 Å². The van der Waals surface area contributed by atoms with Crippen molar-refractivity contribution in [1.82, 2.24) is 19.9 Å². The van der Waals surface area contributed by atoms with Crippen LogP contribution in [-0.4, -0.2) is 41.1 Å². The molecule has 4 aromatic rings. The van der Waals surface area contributed by atoms with Gasteiger partial charge in [-0.05, 0) is 42.0 Å². The van der Waals surface area contributed by atoms with Crippen LogP contribution in [0.3, 0.4) is 0 Å². The molecule has 0 amide bonds. The molecule has 0 saturated carbocycles. The summed E-state index contributed by atoms with van der Waals surface area (Å²) in [5, 5.41) is 10.2. The molecule has 14 heteroatoms. The van der Waals surface area contributed by atoms with E-state index in [4.69, 9.17) is 5.14 Å². The van der Waals surface area contributed by atoms with Crippen LogP contribution >= 0.6 is 0 Å². The molecule has 0 saturated heterocycles. The molecular weight excluding hydrogens is 490 g/mol. The number of primary sulfonamides is 1. The smallest absolute Gasteiger partial charge is 0.359 e. The van der Waals surface area contributed by atoms with Crippen molar-refractivity contribution < 1.29 is 26.0 Å². The lowest BCUT2D eigenvalue weighted by molar-refractivity contribution is -0.115. The Balaban J connectivity index is 1.65. The minimum absolute atomic E-state index is 0.000805. The molecule has 2 aromatic heterocycles. The number of rotatable bonds is 7. The van der Waals surface area contributed by atoms with E-state index < -0.39 is 28.6 Å². The SMILES string of the molecule is NS(=O)(=O)c1ccc(CNc2nc(NCC(F)(F)F)c3nc(-c4ccc(F)cc4)cnc3n2)cc1. The highest BCUT2D eigenvalue weighted by molar-refractivity contribution is 7.89. The van der Waals surface area contributed by atoms with E-state index in [1.54, 1.807) is 0 Å². The fourth-order valence-electron chi connectivity index (χ4n) is 3.03. The Bertz CT molecular complexity index is 1460.